The van der Waals surface area contributed by atoms with Crippen LogP contribution in [0, 0.1) is 5.92 Å². The van der Waals surface area contributed by atoms with Gasteiger partial charge in [0.1, 0.15) is 0 Å². The first-order chi connectivity index (χ1) is 8.56. The summed E-state index contributed by atoms with van der Waals surface area (Å²) in [6.45, 7) is 7.88. The third kappa shape index (κ3) is 3.43. The molecule has 2 aliphatic rings. The standard InChI is InChI=1S/C13H25N3O2/c1-11-9-15(4-3-12(11)17)10-13(18)16-7-5-14(2)6-8-16/h11-12,17H,3-10H2,1-2H3. The van der Waals surface area contributed by atoms with Gasteiger partial charge in [0, 0.05) is 39.3 Å². The average Bonchev–Trinajstić information content (AvgIpc) is 2.34. The molecule has 0 aromatic heterocycles. The molecule has 2 unspecified atom stereocenters. The third-order valence-corrected chi connectivity index (χ3v) is 4.16. The number of aliphatic hydroxyl groups is 1. The normalized spacial score (nSPS) is 31.6. The molecule has 0 spiro atoms. The van der Waals surface area contributed by atoms with Gasteiger partial charge in [0.05, 0.1) is 12.6 Å². The van der Waals surface area contributed by atoms with Crippen molar-refractivity contribution in [3.05, 3.63) is 0 Å². The molecule has 0 aromatic carbocycles. The SMILES string of the molecule is CC1CN(CC(=O)N2CCN(C)CC2)CCC1O. The second-order valence-corrected chi connectivity index (χ2v) is 5.75. The fourth-order valence-corrected chi connectivity index (χ4v) is 2.71. The molecule has 5 heteroatoms. The van der Waals surface area contributed by atoms with E-state index in [-0.39, 0.29) is 17.9 Å². The highest BCUT2D eigenvalue weighted by Gasteiger charge is 2.27. The molecule has 5 nitrogen and oxygen atoms in total. The molecule has 2 fully saturated rings. The van der Waals surface area contributed by atoms with Crippen LogP contribution in [0.2, 0.25) is 0 Å². The van der Waals surface area contributed by atoms with E-state index in [1.165, 1.54) is 0 Å². The lowest BCUT2D eigenvalue weighted by Gasteiger charge is -2.37. The van der Waals surface area contributed by atoms with Crippen molar-refractivity contribution in [1.82, 2.24) is 14.7 Å². The molecule has 2 heterocycles. The van der Waals surface area contributed by atoms with Crippen LogP contribution >= 0.6 is 0 Å². The Labute approximate surface area is 109 Å². The van der Waals surface area contributed by atoms with Crippen molar-refractivity contribution in [1.29, 1.82) is 0 Å². The van der Waals surface area contributed by atoms with Gasteiger partial charge in [-0.05, 0) is 19.4 Å². The lowest BCUT2D eigenvalue weighted by molar-refractivity contribution is -0.134. The Kier molecular flexibility index (Phi) is 4.59. The molecule has 2 aliphatic heterocycles. The molecular formula is C13H25N3O2. The van der Waals surface area contributed by atoms with Gasteiger partial charge in [0.2, 0.25) is 5.91 Å². The van der Waals surface area contributed by atoms with Crippen molar-refractivity contribution >= 4 is 5.91 Å². The molecule has 2 atom stereocenters. The lowest BCUT2D eigenvalue weighted by atomic mass is 9.97. The minimum absolute atomic E-state index is 0.194. The van der Waals surface area contributed by atoms with Crippen molar-refractivity contribution in [3.8, 4) is 0 Å². The Hall–Kier alpha value is -0.650. The van der Waals surface area contributed by atoms with Crippen molar-refractivity contribution < 1.29 is 9.90 Å². The predicted octanol–water partition coefficient (Wildman–Crippen LogP) is -0.537. The number of likely N-dealkylation sites (N-methyl/N-ethyl adjacent to an activating group) is 1. The van der Waals surface area contributed by atoms with Crippen LogP contribution in [0.25, 0.3) is 0 Å². The maximum atomic E-state index is 12.2. The number of aliphatic hydroxyl groups excluding tert-OH is 1. The topological polar surface area (TPSA) is 47.0 Å². The summed E-state index contributed by atoms with van der Waals surface area (Å²) < 4.78 is 0. The second-order valence-electron chi connectivity index (χ2n) is 5.75. The minimum Gasteiger partial charge on any atom is -0.393 e. The molecule has 2 saturated heterocycles. The monoisotopic (exact) mass is 255 g/mol. The maximum Gasteiger partial charge on any atom is 0.236 e. The van der Waals surface area contributed by atoms with Crippen LogP contribution in [0.3, 0.4) is 0 Å². The van der Waals surface area contributed by atoms with Crippen LogP contribution in [0.4, 0.5) is 0 Å². The van der Waals surface area contributed by atoms with Gasteiger partial charge < -0.3 is 14.9 Å². The zero-order chi connectivity index (χ0) is 13.1. The third-order valence-electron chi connectivity index (χ3n) is 4.16. The van der Waals surface area contributed by atoms with E-state index in [0.717, 1.165) is 45.7 Å². The number of rotatable bonds is 2. The van der Waals surface area contributed by atoms with Gasteiger partial charge in [0.15, 0.2) is 0 Å². The summed E-state index contributed by atoms with van der Waals surface area (Å²) in [6, 6.07) is 0. The molecule has 0 aromatic rings. The fraction of sp³-hybridized carbons (Fsp3) is 0.923. The van der Waals surface area contributed by atoms with Gasteiger partial charge in [-0.2, -0.15) is 0 Å². The van der Waals surface area contributed by atoms with Gasteiger partial charge in [-0.25, -0.2) is 0 Å². The number of likely N-dealkylation sites (tertiary alicyclic amines) is 1. The number of amides is 1. The molecule has 0 aliphatic carbocycles. The first kappa shape index (κ1) is 13.8. The molecular weight excluding hydrogens is 230 g/mol. The van der Waals surface area contributed by atoms with Gasteiger partial charge in [-0.3, -0.25) is 9.69 Å². The Morgan fingerprint density at radius 1 is 1.22 bits per heavy atom. The number of carbonyl (C=O) groups is 1. The first-order valence-electron chi connectivity index (χ1n) is 6.93. The van der Waals surface area contributed by atoms with Gasteiger partial charge in [-0.1, -0.05) is 6.92 Å². The number of piperidine rings is 1. The molecule has 0 bridgehead atoms. The summed E-state index contributed by atoms with van der Waals surface area (Å²) in [5.74, 6) is 0.519. The molecule has 0 saturated carbocycles. The molecule has 1 amide bonds. The lowest BCUT2D eigenvalue weighted by Crippen LogP contribution is -2.52. The predicted molar refractivity (Wildman–Crippen MR) is 70.3 cm³/mol. The summed E-state index contributed by atoms with van der Waals surface area (Å²) >= 11 is 0. The first-order valence-corrected chi connectivity index (χ1v) is 6.93. The van der Waals surface area contributed by atoms with Gasteiger partial charge in [0.25, 0.3) is 0 Å². The van der Waals surface area contributed by atoms with E-state index in [1.54, 1.807) is 0 Å². The number of hydrogen-bond donors (Lipinski definition) is 1. The van der Waals surface area contributed by atoms with Crippen LogP contribution in [0.15, 0.2) is 0 Å². The van der Waals surface area contributed by atoms with Crippen LogP contribution in [0.1, 0.15) is 13.3 Å². The largest absolute Gasteiger partial charge is 0.393 e. The smallest absolute Gasteiger partial charge is 0.236 e. The maximum absolute atomic E-state index is 12.2. The number of hydrogen-bond acceptors (Lipinski definition) is 4. The van der Waals surface area contributed by atoms with E-state index in [0.29, 0.717) is 6.54 Å². The summed E-state index contributed by atoms with van der Waals surface area (Å²) in [7, 11) is 2.09. The zero-order valence-electron chi connectivity index (χ0n) is 11.5. The molecule has 2 rings (SSSR count). The van der Waals surface area contributed by atoms with E-state index >= 15 is 0 Å². The highest BCUT2D eigenvalue weighted by molar-refractivity contribution is 5.78. The van der Waals surface area contributed by atoms with Crippen LogP contribution in [0.5, 0.6) is 0 Å². The second kappa shape index (κ2) is 5.99. The van der Waals surface area contributed by atoms with Crippen LogP contribution < -0.4 is 0 Å². The molecule has 0 radical (unpaired) electrons. The highest BCUT2D eigenvalue weighted by atomic mass is 16.3. The number of piperazine rings is 1. The quantitative estimate of drug-likeness (QED) is 0.720. The van der Waals surface area contributed by atoms with E-state index in [1.807, 2.05) is 4.90 Å². The Balaban J connectivity index is 1.77. The summed E-state index contributed by atoms with van der Waals surface area (Å²) in [4.78, 5) is 18.6. The van der Waals surface area contributed by atoms with E-state index in [9.17, 15) is 9.90 Å². The Morgan fingerprint density at radius 2 is 1.89 bits per heavy atom. The van der Waals surface area contributed by atoms with Crippen molar-refractivity contribution in [3.63, 3.8) is 0 Å². The summed E-state index contributed by atoms with van der Waals surface area (Å²) in [6.07, 6.45) is 0.594. The van der Waals surface area contributed by atoms with Crippen molar-refractivity contribution in [2.45, 2.75) is 19.4 Å². The summed E-state index contributed by atoms with van der Waals surface area (Å²) in [5.41, 5.74) is 0. The van der Waals surface area contributed by atoms with Crippen LogP contribution in [-0.2, 0) is 4.79 Å². The zero-order valence-corrected chi connectivity index (χ0v) is 11.5. The molecule has 1 N–H and O–H groups in total. The summed E-state index contributed by atoms with van der Waals surface area (Å²) in [5, 5.41) is 9.68. The minimum atomic E-state index is -0.194. The number of carbonyl (C=O) groups excluding carboxylic acids is 1. The Morgan fingerprint density at radius 3 is 2.50 bits per heavy atom. The Bertz CT molecular complexity index is 290. The fourth-order valence-electron chi connectivity index (χ4n) is 2.71. The van der Waals surface area contributed by atoms with E-state index < -0.39 is 0 Å². The average molecular weight is 255 g/mol. The van der Waals surface area contributed by atoms with Gasteiger partial charge >= 0.3 is 0 Å². The van der Waals surface area contributed by atoms with E-state index in [4.69, 9.17) is 0 Å². The highest BCUT2D eigenvalue weighted by Crippen LogP contribution is 2.16. The molecule has 104 valence electrons. The number of nitrogens with zero attached hydrogens (tertiary/aromatic N) is 3. The van der Waals surface area contributed by atoms with E-state index in [2.05, 4.69) is 23.8 Å². The van der Waals surface area contributed by atoms with Crippen molar-refractivity contribution in [2.24, 2.45) is 5.92 Å². The van der Waals surface area contributed by atoms with Gasteiger partial charge in [-0.15, -0.1) is 0 Å². The van der Waals surface area contributed by atoms with Crippen LogP contribution in [-0.4, -0.2) is 84.7 Å². The molecule has 18 heavy (non-hydrogen) atoms. The van der Waals surface area contributed by atoms with Crippen molar-refractivity contribution in [2.75, 3.05) is 52.9 Å².